The van der Waals surface area contributed by atoms with Crippen molar-refractivity contribution in [1.82, 2.24) is 5.32 Å². The number of amides is 1. The highest BCUT2D eigenvalue weighted by Gasteiger charge is 2.13. The monoisotopic (exact) mass is 385 g/mol. The van der Waals surface area contributed by atoms with Crippen molar-refractivity contribution in [1.29, 1.82) is 0 Å². The Morgan fingerprint density at radius 2 is 1.74 bits per heavy atom. The summed E-state index contributed by atoms with van der Waals surface area (Å²) in [5.41, 5.74) is 1.23. The number of carbonyl (C=O) groups excluding carboxylic acids is 1. The Balaban J connectivity index is 1.47. The maximum Gasteiger partial charge on any atom is 0.286 e. The van der Waals surface area contributed by atoms with Crippen LogP contribution in [0.15, 0.2) is 76.0 Å². The van der Waals surface area contributed by atoms with E-state index in [1.807, 2.05) is 18.2 Å². The van der Waals surface area contributed by atoms with Gasteiger partial charge in [0.25, 0.3) is 5.91 Å². The molecule has 0 saturated carbocycles. The molecule has 0 aliphatic rings. The van der Waals surface area contributed by atoms with Crippen LogP contribution in [0.5, 0.6) is 0 Å². The summed E-state index contributed by atoms with van der Waals surface area (Å²) in [7, 11) is -1.36. The molecule has 0 unspecified atom stereocenters. The number of hydrogen-bond acceptors (Lipinski definition) is 3. The van der Waals surface area contributed by atoms with E-state index in [4.69, 9.17) is 4.42 Å². The van der Waals surface area contributed by atoms with Crippen LogP contribution in [0.2, 0.25) is 0 Å². The van der Waals surface area contributed by atoms with E-state index in [9.17, 15) is 13.4 Å². The van der Waals surface area contributed by atoms with E-state index in [1.165, 1.54) is 29.8 Å². The third-order valence-electron chi connectivity index (χ3n) is 4.01. The van der Waals surface area contributed by atoms with Crippen LogP contribution in [0.1, 0.15) is 28.3 Å². The third-order valence-corrected chi connectivity index (χ3v) is 5.35. The minimum absolute atomic E-state index is 0.132. The summed E-state index contributed by atoms with van der Waals surface area (Å²) < 4.78 is 30.7. The lowest BCUT2D eigenvalue weighted by Gasteiger charge is -2.04. The van der Waals surface area contributed by atoms with Crippen molar-refractivity contribution < 1.29 is 17.8 Å². The molecule has 0 radical (unpaired) electrons. The van der Waals surface area contributed by atoms with Gasteiger partial charge in [-0.3, -0.25) is 9.00 Å². The number of furan rings is 1. The SMILES string of the molecule is O=C(NCCCc1ccccc1)c1ccc(C[S@](=O)c2ccc(F)cc2)o1. The standard InChI is InChI=1S/C21H20FNO3S/c22-17-8-11-19(12-9-17)27(25)15-18-10-13-20(26-18)21(24)23-14-4-7-16-5-2-1-3-6-16/h1-3,5-6,8-13H,4,7,14-15H2,(H,23,24)/t27-/m0/s1. The van der Waals surface area contributed by atoms with Gasteiger partial charge in [-0.2, -0.15) is 0 Å². The summed E-state index contributed by atoms with van der Waals surface area (Å²) in [6, 6.07) is 18.8. The molecule has 0 spiro atoms. The average Bonchev–Trinajstić information content (AvgIpc) is 3.15. The van der Waals surface area contributed by atoms with E-state index in [1.54, 1.807) is 12.1 Å². The van der Waals surface area contributed by atoms with Gasteiger partial charge in [0, 0.05) is 11.4 Å². The second-order valence-corrected chi connectivity index (χ2v) is 7.51. The number of rotatable bonds is 8. The molecule has 3 rings (SSSR count). The molecule has 0 aliphatic carbocycles. The molecule has 1 amide bonds. The van der Waals surface area contributed by atoms with E-state index < -0.39 is 10.8 Å². The summed E-state index contributed by atoms with van der Waals surface area (Å²) in [4.78, 5) is 12.7. The molecule has 1 atom stereocenters. The zero-order valence-corrected chi connectivity index (χ0v) is 15.5. The fourth-order valence-corrected chi connectivity index (χ4v) is 3.62. The molecule has 27 heavy (non-hydrogen) atoms. The number of benzene rings is 2. The van der Waals surface area contributed by atoms with Crippen LogP contribution in [-0.2, 0) is 23.0 Å². The molecule has 0 saturated heterocycles. The Hall–Kier alpha value is -2.73. The van der Waals surface area contributed by atoms with E-state index in [-0.39, 0.29) is 23.2 Å². The van der Waals surface area contributed by atoms with Gasteiger partial charge >= 0.3 is 0 Å². The van der Waals surface area contributed by atoms with Gasteiger partial charge in [0.2, 0.25) is 0 Å². The lowest BCUT2D eigenvalue weighted by atomic mass is 10.1. The molecular weight excluding hydrogens is 365 g/mol. The average molecular weight is 385 g/mol. The van der Waals surface area contributed by atoms with Crippen LogP contribution in [0.3, 0.4) is 0 Å². The van der Waals surface area contributed by atoms with Gasteiger partial charge in [0.15, 0.2) is 5.76 Å². The van der Waals surface area contributed by atoms with E-state index >= 15 is 0 Å². The first-order valence-corrected chi connectivity index (χ1v) is 9.98. The zero-order valence-electron chi connectivity index (χ0n) is 14.7. The molecule has 2 aromatic carbocycles. The summed E-state index contributed by atoms with van der Waals surface area (Å²) in [5, 5.41) is 2.82. The van der Waals surface area contributed by atoms with Gasteiger partial charge in [0.1, 0.15) is 11.6 Å². The Kier molecular flexibility index (Phi) is 6.54. The first-order valence-electron chi connectivity index (χ1n) is 8.66. The van der Waals surface area contributed by atoms with Gasteiger partial charge in [-0.25, -0.2) is 4.39 Å². The Bertz CT molecular complexity index is 907. The number of aryl methyl sites for hydroxylation is 1. The van der Waals surface area contributed by atoms with Crippen molar-refractivity contribution in [2.24, 2.45) is 0 Å². The van der Waals surface area contributed by atoms with E-state index in [0.29, 0.717) is 17.2 Å². The first-order chi connectivity index (χ1) is 13.1. The van der Waals surface area contributed by atoms with Gasteiger partial charge in [-0.05, 0) is 54.8 Å². The minimum Gasteiger partial charge on any atom is -0.455 e. The molecule has 1 heterocycles. The van der Waals surface area contributed by atoms with Crippen LogP contribution in [0, 0.1) is 5.82 Å². The van der Waals surface area contributed by atoms with Crippen molar-refractivity contribution in [3.8, 4) is 0 Å². The van der Waals surface area contributed by atoms with Crippen molar-refractivity contribution in [2.75, 3.05) is 6.54 Å². The fourth-order valence-electron chi connectivity index (χ4n) is 2.60. The van der Waals surface area contributed by atoms with Crippen LogP contribution in [0.4, 0.5) is 4.39 Å². The summed E-state index contributed by atoms with van der Waals surface area (Å²) in [5.74, 6) is 0.113. The van der Waals surface area contributed by atoms with Crippen molar-refractivity contribution in [3.63, 3.8) is 0 Å². The molecular formula is C21H20FNO3S. The molecule has 0 aliphatic heterocycles. The molecule has 4 nitrogen and oxygen atoms in total. The molecule has 1 N–H and O–H groups in total. The molecule has 1 aromatic heterocycles. The summed E-state index contributed by atoms with van der Waals surface area (Å²) >= 11 is 0. The number of carbonyl (C=O) groups is 1. The van der Waals surface area contributed by atoms with E-state index in [2.05, 4.69) is 17.4 Å². The summed E-state index contributed by atoms with van der Waals surface area (Å²) in [6.45, 7) is 0.547. The number of hydrogen-bond donors (Lipinski definition) is 1. The van der Waals surface area contributed by atoms with Gasteiger partial charge in [-0.15, -0.1) is 0 Å². The maximum absolute atomic E-state index is 12.9. The first kappa shape index (κ1) is 19.0. The van der Waals surface area contributed by atoms with Crippen molar-refractivity contribution in [3.05, 3.63) is 89.6 Å². The van der Waals surface area contributed by atoms with E-state index in [0.717, 1.165) is 12.8 Å². The largest absolute Gasteiger partial charge is 0.455 e. The summed E-state index contributed by atoms with van der Waals surface area (Å²) in [6.07, 6.45) is 1.72. The highest BCUT2D eigenvalue weighted by atomic mass is 32.2. The van der Waals surface area contributed by atoms with Crippen LogP contribution < -0.4 is 5.32 Å². The molecule has 6 heteroatoms. The van der Waals surface area contributed by atoms with Gasteiger partial charge in [-0.1, -0.05) is 30.3 Å². The Morgan fingerprint density at radius 3 is 2.48 bits per heavy atom. The molecule has 3 aromatic rings. The number of nitrogens with one attached hydrogen (secondary N) is 1. The lowest BCUT2D eigenvalue weighted by Crippen LogP contribution is -2.24. The topological polar surface area (TPSA) is 59.3 Å². The highest BCUT2D eigenvalue weighted by Crippen LogP contribution is 2.15. The molecule has 0 bridgehead atoms. The van der Waals surface area contributed by atoms with Crippen LogP contribution >= 0.6 is 0 Å². The van der Waals surface area contributed by atoms with Crippen molar-refractivity contribution >= 4 is 16.7 Å². The smallest absolute Gasteiger partial charge is 0.286 e. The predicted molar refractivity (Wildman–Crippen MR) is 102 cm³/mol. The molecule has 0 fully saturated rings. The predicted octanol–water partition coefficient (Wildman–Crippen LogP) is 4.09. The third kappa shape index (κ3) is 5.62. The van der Waals surface area contributed by atoms with Crippen LogP contribution in [0.25, 0.3) is 0 Å². The Labute approximate surface area is 159 Å². The van der Waals surface area contributed by atoms with Crippen molar-refractivity contribution in [2.45, 2.75) is 23.5 Å². The quantitative estimate of drug-likeness (QED) is 0.594. The maximum atomic E-state index is 12.9. The lowest BCUT2D eigenvalue weighted by molar-refractivity contribution is 0.0924. The van der Waals surface area contributed by atoms with Crippen LogP contribution in [-0.4, -0.2) is 16.7 Å². The fraction of sp³-hybridized carbons (Fsp3) is 0.190. The minimum atomic E-state index is -1.36. The zero-order chi connectivity index (χ0) is 19.1. The van der Waals surface area contributed by atoms with Gasteiger partial charge < -0.3 is 9.73 Å². The second-order valence-electron chi connectivity index (χ2n) is 6.05. The number of halogens is 1. The normalized spacial score (nSPS) is 11.9. The molecule has 140 valence electrons. The highest BCUT2D eigenvalue weighted by molar-refractivity contribution is 7.84. The Morgan fingerprint density at radius 1 is 1.00 bits per heavy atom. The second kappa shape index (κ2) is 9.28. The van der Waals surface area contributed by atoms with Gasteiger partial charge in [0.05, 0.1) is 16.6 Å².